The lowest BCUT2D eigenvalue weighted by Gasteiger charge is -2.08. The van der Waals surface area contributed by atoms with Crippen LogP contribution in [0.4, 0.5) is 0 Å². The van der Waals surface area contributed by atoms with Crippen LogP contribution in [0.2, 0.25) is 5.02 Å². The van der Waals surface area contributed by atoms with E-state index in [9.17, 15) is 0 Å². The molecule has 2 nitrogen and oxygen atoms in total. The van der Waals surface area contributed by atoms with Gasteiger partial charge < -0.3 is 4.98 Å². The molecule has 1 N–H and O–H groups in total. The van der Waals surface area contributed by atoms with Crippen LogP contribution in [0.25, 0.3) is 16.7 Å². The molecule has 0 spiro atoms. The standard InChI is InChI=1S/C13H7Br2ClN2S/c14-7-1-3-9(15)12(5-7)18-11-4-2-8(16)6-10(11)17-13(18)19/h1-6H,(H,17,19). The number of rotatable bonds is 1. The molecular formula is C13H7Br2ClN2S. The second-order valence-electron chi connectivity index (χ2n) is 4.02. The van der Waals surface area contributed by atoms with Crippen molar-refractivity contribution in [2.75, 3.05) is 0 Å². The molecule has 0 saturated carbocycles. The Morgan fingerprint density at radius 2 is 1.89 bits per heavy atom. The minimum Gasteiger partial charge on any atom is -0.330 e. The highest BCUT2D eigenvalue weighted by Crippen LogP contribution is 2.29. The third kappa shape index (κ3) is 2.40. The van der Waals surface area contributed by atoms with Gasteiger partial charge in [0, 0.05) is 14.0 Å². The van der Waals surface area contributed by atoms with Gasteiger partial charge in [0.1, 0.15) is 0 Å². The molecule has 0 amide bonds. The summed E-state index contributed by atoms with van der Waals surface area (Å²) in [6.45, 7) is 0. The van der Waals surface area contributed by atoms with Crippen molar-refractivity contribution >= 4 is 66.7 Å². The van der Waals surface area contributed by atoms with Gasteiger partial charge in [-0.25, -0.2) is 0 Å². The zero-order valence-electron chi connectivity index (χ0n) is 9.45. The summed E-state index contributed by atoms with van der Waals surface area (Å²) in [6, 6.07) is 11.7. The van der Waals surface area contributed by atoms with E-state index < -0.39 is 0 Å². The van der Waals surface area contributed by atoms with Gasteiger partial charge in [0.15, 0.2) is 4.77 Å². The van der Waals surface area contributed by atoms with E-state index in [1.807, 2.05) is 41.0 Å². The number of nitrogens with one attached hydrogen (secondary N) is 1. The first kappa shape index (κ1) is 13.4. The largest absolute Gasteiger partial charge is 0.330 e. The molecular weight excluding hydrogens is 411 g/mol. The average Bonchev–Trinajstić information content (AvgIpc) is 2.67. The number of H-pyrrole nitrogens is 1. The fraction of sp³-hybridized carbons (Fsp3) is 0. The third-order valence-corrected chi connectivity index (χ3v) is 4.48. The molecule has 96 valence electrons. The number of benzene rings is 2. The van der Waals surface area contributed by atoms with Crippen molar-refractivity contribution in [3.63, 3.8) is 0 Å². The molecule has 0 aliphatic carbocycles. The quantitative estimate of drug-likeness (QED) is 0.491. The second-order valence-corrected chi connectivity index (χ2v) is 6.62. The van der Waals surface area contributed by atoms with Crippen molar-refractivity contribution in [1.29, 1.82) is 0 Å². The van der Waals surface area contributed by atoms with Crippen LogP contribution in [-0.4, -0.2) is 9.55 Å². The van der Waals surface area contributed by atoms with E-state index in [2.05, 4.69) is 36.8 Å². The van der Waals surface area contributed by atoms with Crippen LogP contribution in [0, 0.1) is 4.77 Å². The van der Waals surface area contributed by atoms with E-state index in [0.29, 0.717) is 9.79 Å². The van der Waals surface area contributed by atoms with Crippen molar-refractivity contribution in [3.8, 4) is 5.69 Å². The number of hydrogen-bond acceptors (Lipinski definition) is 1. The smallest absolute Gasteiger partial charge is 0.182 e. The number of imidazole rings is 1. The number of hydrogen-bond donors (Lipinski definition) is 1. The second kappa shape index (κ2) is 5.05. The van der Waals surface area contributed by atoms with Crippen LogP contribution in [0.3, 0.4) is 0 Å². The van der Waals surface area contributed by atoms with Gasteiger partial charge in [-0.05, 0) is 64.5 Å². The maximum Gasteiger partial charge on any atom is 0.182 e. The molecule has 3 aromatic rings. The Morgan fingerprint density at radius 1 is 1.11 bits per heavy atom. The van der Waals surface area contributed by atoms with Gasteiger partial charge in [0.2, 0.25) is 0 Å². The molecule has 1 aromatic heterocycles. The molecule has 0 bridgehead atoms. The van der Waals surface area contributed by atoms with Gasteiger partial charge in [-0.1, -0.05) is 27.5 Å². The Kier molecular flexibility index (Phi) is 3.55. The highest BCUT2D eigenvalue weighted by atomic mass is 79.9. The summed E-state index contributed by atoms with van der Waals surface area (Å²) in [4.78, 5) is 3.17. The highest BCUT2D eigenvalue weighted by Gasteiger charge is 2.10. The zero-order valence-corrected chi connectivity index (χ0v) is 14.2. The summed E-state index contributed by atoms with van der Waals surface area (Å²) in [5.41, 5.74) is 2.89. The fourth-order valence-corrected chi connectivity index (χ4v) is 3.23. The van der Waals surface area contributed by atoms with Gasteiger partial charge in [0.05, 0.1) is 16.7 Å². The van der Waals surface area contributed by atoms with Crippen molar-refractivity contribution in [1.82, 2.24) is 9.55 Å². The molecule has 0 saturated heterocycles. The number of nitrogens with zero attached hydrogens (tertiary/aromatic N) is 1. The highest BCUT2D eigenvalue weighted by molar-refractivity contribution is 9.11. The maximum atomic E-state index is 6.00. The van der Waals surface area contributed by atoms with Gasteiger partial charge in [-0.15, -0.1) is 0 Å². The van der Waals surface area contributed by atoms with E-state index >= 15 is 0 Å². The van der Waals surface area contributed by atoms with Crippen molar-refractivity contribution in [2.45, 2.75) is 0 Å². The van der Waals surface area contributed by atoms with Crippen molar-refractivity contribution < 1.29 is 0 Å². The Morgan fingerprint density at radius 3 is 2.68 bits per heavy atom. The van der Waals surface area contributed by atoms with E-state index in [1.165, 1.54) is 0 Å². The van der Waals surface area contributed by atoms with Gasteiger partial charge >= 0.3 is 0 Å². The lowest BCUT2D eigenvalue weighted by atomic mass is 10.3. The van der Waals surface area contributed by atoms with Crippen LogP contribution in [-0.2, 0) is 0 Å². The summed E-state index contributed by atoms with van der Waals surface area (Å²) < 4.78 is 4.59. The minimum atomic E-state index is 0.635. The normalized spacial score (nSPS) is 11.1. The predicted molar refractivity (Wildman–Crippen MR) is 88.9 cm³/mol. The van der Waals surface area contributed by atoms with Crippen molar-refractivity contribution in [2.24, 2.45) is 0 Å². The number of fused-ring (bicyclic) bond motifs is 1. The molecule has 0 radical (unpaired) electrons. The molecule has 6 heteroatoms. The molecule has 0 fully saturated rings. The molecule has 3 rings (SSSR count). The number of halogens is 3. The van der Waals surface area contributed by atoms with Crippen LogP contribution in [0.1, 0.15) is 0 Å². The summed E-state index contributed by atoms with van der Waals surface area (Å²) in [5.74, 6) is 0. The summed E-state index contributed by atoms with van der Waals surface area (Å²) in [6.07, 6.45) is 0. The van der Waals surface area contributed by atoms with Gasteiger partial charge in [0.25, 0.3) is 0 Å². The third-order valence-electron chi connectivity index (χ3n) is 2.79. The first-order valence-corrected chi connectivity index (χ1v) is 7.79. The lowest BCUT2D eigenvalue weighted by Crippen LogP contribution is -1.95. The topological polar surface area (TPSA) is 20.7 Å². The average molecular weight is 419 g/mol. The Hall–Kier alpha value is -0.620. The van der Waals surface area contributed by atoms with Gasteiger partial charge in [-0.2, -0.15) is 0 Å². The number of aromatic nitrogens is 2. The van der Waals surface area contributed by atoms with Crippen molar-refractivity contribution in [3.05, 3.63) is 55.1 Å². The summed E-state index contributed by atoms with van der Waals surface area (Å²) in [5, 5.41) is 0.684. The lowest BCUT2D eigenvalue weighted by molar-refractivity contribution is 1.06. The molecule has 19 heavy (non-hydrogen) atoms. The van der Waals surface area contributed by atoms with Crippen LogP contribution in [0.5, 0.6) is 0 Å². The predicted octanol–water partition coefficient (Wildman–Crippen LogP) is 5.87. The van der Waals surface area contributed by atoms with E-state index in [1.54, 1.807) is 0 Å². The summed E-state index contributed by atoms with van der Waals surface area (Å²) in [7, 11) is 0. The zero-order chi connectivity index (χ0) is 13.6. The maximum absolute atomic E-state index is 6.00. The summed E-state index contributed by atoms with van der Waals surface area (Å²) >= 11 is 18.5. The molecule has 0 atom stereocenters. The van der Waals surface area contributed by atoms with E-state index in [4.69, 9.17) is 23.8 Å². The van der Waals surface area contributed by atoms with E-state index in [-0.39, 0.29) is 0 Å². The Balaban J connectivity index is 2.39. The Bertz CT molecular complexity index is 838. The van der Waals surface area contributed by atoms with Crippen LogP contribution >= 0.6 is 55.7 Å². The monoisotopic (exact) mass is 416 g/mol. The first-order chi connectivity index (χ1) is 9.06. The van der Waals surface area contributed by atoms with Crippen LogP contribution < -0.4 is 0 Å². The fourth-order valence-electron chi connectivity index (χ4n) is 1.98. The molecule has 2 aromatic carbocycles. The number of aromatic amines is 1. The Labute approximate surface area is 136 Å². The molecule has 0 aliphatic rings. The van der Waals surface area contributed by atoms with Crippen LogP contribution in [0.15, 0.2) is 45.3 Å². The SMILES string of the molecule is S=c1[nH]c2cc(Cl)ccc2n1-c1cc(Br)ccc1Br. The van der Waals surface area contributed by atoms with E-state index in [0.717, 1.165) is 25.7 Å². The molecule has 0 aliphatic heterocycles. The molecule has 0 unspecified atom stereocenters. The molecule has 1 heterocycles. The van der Waals surface area contributed by atoms with Gasteiger partial charge in [-0.3, -0.25) is 4.57 Å². The first-order valence-electron chi connectivity index (χ1n) is 5.42. The minimum absolute atomic E-state index is 0.635.